The minimum Gasteiger partial charge on any atom is -0.493 e. The molecule has 0 bridgehead atoms. The molecule has 2 aromatic carbocycles. The van der Waals surface area contributed by atoms with Gasteiger partial charge in [-0.1, -0.05) is 52.6 Å². The van der Waals surface area contributed by atoms with Crippen molar-refractivity contribution in [1.29, 1.82) is 0 Å². The molecule has 6 nitrogen and oxygen atoms in total. The summed E-state index contributed by atoms with van der Waals surface area (Å²) >= 11 is 19.2. The Kier molecular flexibility index (Phi) is 9.50. The number of hydrogen-bond acceptors (Lipinski definition) is 5. The van der Waals surface area contributed by atoms with Crippen molar-refractivity contribution < 1.29 is 9.53 Å². The zero-order valence-corrected chi connectivity index (χ0v) is 21.1. The highest BCUT2D eigenvalue weighted by atomic mass is 35.5. The van der Waals surface area contributed by atoms with Crippen molar-refractivity contribution in [3.05, 3.63) is 75.5 Å². The summed E-state index contributed by atoms with van der Waals surface area (Å²) in [5.74, 6) is 1.63. The van der Waals surface area contributed by atoms with Crippen LogP contribution in [-0.4, -0.2) is 33.0 Å². The van der Waals surface area contributed by atoms with Gasteiger partial charge >= 0.3 is 0 Å². The molecular weight excluding hydrogens is 503 g/mol. The summed E-state index contributed by atoms with van der Waals surface area (Å²) in [5.41, 5.74) is 1.58. The van der Waals surface area contributed by atoms with Crippen molar-refractivity contribution in [1.82, 2.24) is 14.8 Å². The van der Waals surface area contributed by atoms with Crippen molar-refractivity contribution in [2.45, 2.75) is 31.5 Å². The monoisotopic (exact) mass is 524 g/mol. The van der Waals surface area contributed by atoms with Crippen LogP contribution >= 0.6 is 46.6 Å². The van der Waals surface area contributed by atoms with E-state index in [4.69, 9.17) is 39.5 Å². The summed E-state index contributed by atoms with van der Waals surface area (Å²) in [5, 5.41) is 13.5. The Balaban J connectivity index is 1.53. The van der Waals surface area contributed by atoms with Gasteiger partial charge in [0.1, 0.15) is 11.6 Å². The molecule has 10 heteroatoms. The summed E-state index contributed by atoms with van der Waals surface area (Å²) in [4.78, 5) is 12.3. The molecule has 3 rings (SSSR count). The minimum absolute atomic E-state index is 0.175. The van der Waals surface area contributed by atoms with Crippen LogP contribution in [0.1, 0.15) is 17.8 Å². The fourth-order valence-electron chi connectivity index (χ4n) is 3.01. The first-order valence-electron chi connectivity index (χ1n) is 10.2. The topological polar surface area (TPSA) is 69.0 Å². The van der Waals surface area contributed by atoms with Crippen LogP contribution in [-0.2, 0) is 17.8 Å². The van der Waals surface area contributed by atoms with Gasteiger partial charge < -0.3 is 14.6 Å². The van der Waals surface area contributed by atoms with Crippen LogP contribution in [0.5, 0.6) is 5.75 Å². The van der Waals surface area contributed by atoms with Gasteiger partial charge in [0.2, 0.25) is 5.91 Å². The molecule has 3 aromatic rings. The second kappa shape index (κ2) is 12.3. The molecule has 0 saturated heterocycles. The average molecular weight is 526 g/mol. The second-order valence-electron chi connectivity index (χ2n) is 7.13. The largest absolute Gasteiger partial charge is 0.493 e. The Labute approximate surface area is 212 Å². The first kappa shape index (κ1) is 25.4. The third-order valence-corrected chi connectivity index (χ3v) is 6.52. The van der Waals surface area contributed by atoms with E-state index in [1.807, 2.05) is 29.7 Å². The molecule has 0 spiro atoms. The number of carbonyl (C=O) groups excluding carboxylic acids is 1. The standard InChI is InChI=1S/C23H23Cl3N4O2S/c1-3-10-30-21(5-4-11-32-20-9-6-16(24)12-15(20)2)28-29-23(30)33-14-22(31)27-17-7-8-18(25)19(26)13-17/h3,6-9,12-13H,1,4-5,10-11,14H2,2H3,(H,27,31). The number of aryl methyl sites for hydroxylation is 2. The Morgan fingerprint density at radius 2 is 2.00 bits per heavy atom. The number of amides is 1. The molecule has 0 aliphatic carbocycles. The molecule has 0 aliphatic heterocycles. The highest BCUT2D eigenvalue weighted by Gasteiger charge is 2.14. The van der Waals surface area contributed by atoms with Crippen molar-refractivity contribution in [2.75, 3.05) is 17.7 Å². The van der Waals surface area contributed by atoms with Crippen LogP contribution in [0.25, 0.3) is 0 Å². The first-order chi connectivity index (χ1) is 15.9. The molecule has 174 valence electrons. The molecule has 0 fully saturated rings. The lowest BCUT2D eigenvalue weighted by atomic mass is 10.2. The number of thioether (sulfide) groups is 1. The quantitative estimate of drug-likeness (QED) is 0.176. The number of ether oxygens (including phenoxy) is 1. The maximum Gasteiger partial charge on any atom is 0.234 e. The Hall–Kier alpha value is -2.19. The second-order valence-corrected chi connectivity index (χ2v) is 9.32. The van der Waals surface area contributed by atoms with E-state index in [9.17, 15) is 4.79 Å². The van der Waals surface area contributed by atoms with Crippen LogP contribution in [0.2, 0.25) is 15.1 Å². The zero-order chi connectivity index (χ0) is 23.8. The molecular formula is C23H23Cl3N4O2S. The van der Waals surface area contributed by atoms with Gasteiger partial charge in [-0.3, -0.25) is 4.79 Å². The lowest BCUT2D eigenvalue weighted by Crippen LogP contribution is -2.15. The van der Waals surface area contributed by atoms with E-state index in [1.165, 1.54) is 11.8 Å². The van der Waals surface area contributed by atoms with Crippen LogP contribution in [0, 0.1) is 6.92 Å². The Morgan fingerprint density at radius 1 is 1.18 bits per heavy atom. The summed E-state index contributed by atoms with van der Waals surface area (Å²) in [7, 11) is 0. The predicted octanol–water partition coefficient (Wildman–Crippen LogP) is 6.48. The average Bonchev–Trinajstić information content (AvgIpc) is 3.15. The summed E-state index contributed by atoms with van der Waals surface area (Å²) in [6.07, 6.45) is 3.23. The zero-order valence-electron chi connectivity index (χ0n) is 18.0. The number of nitrogens with one attached hydrogen (secondary N) is 1. The molecule has 1 amide bonds. The molecule has 1 aromatic heterocycles. The van der Waals surface area contributed by atoms with Crippen LogP contribution in [0.3, 0.4) is 0 Å². The van der Waals surface area contributed by atoms with Crippen molar-refractivity contribution in [2.24, 2.45) is 0 Å². The van der Waals surface area contributed by atoms with Crippen molar-refractivity contribution >= 4 is 58.2 Å². The van der Waals surface area contributed by atoms with Crippen LogP contribution in [0.15, 0.2) is 54.2 Å². The number of rotatable bonds is 11. The van der Waals surface area contributed by atoms with E-state index < -0.39 is 0 Å². The first-order valence-corrected chi connectivity index (χ1v) is 12.3. The van der Waals surface area contributed by atoms with Gasteiger partial charge in [0.15, 0.2) is 5.16 Å². The lowest BCUT2D eigenvalue weighted by Gasteiger charge is -2.10. The smallest absolute Gasteiger partial charge is 0.234 e. The van der Waals surface area contributed by atoms with Crippen LogP contribution < -0.4 is 10.1 Å². The third kappa shape index (κ3) is 7.40. The van der Waals surface area contributed by atoms with E-state index >= 15 is 0 Å². The molecule has 0 saturated carbocycles. The van der Waals surface area contributed by atoms with Gasteiger partial charge in [-0.15, -0.1) is 16.8 Å². The number of nitrogens with zero attached hydrogens (tertiary/aromatic N) is 3. The maximum atomic E-state index is 12.3. The predicted molar refractivity (Wildman–Crippen MR) is 136 cm³/mol. The Morgan fingerprint density at radius 3 is 2.73 bits per heavy atom. The summed E-state index contributed by atoms with van der Waals surface area (Å²) in [6, 6.07) is 10.5. The van der Waals surface area contributed by atoms with Gasteiger partial charge in [-0.2, -0.15) is 0 Å². The van der Waals surface area contributed by atoms with E-state index in [1.54, 1.807) is 24.3 Å². The van der Waals surface area contributed by atoms with E-state index in [0.29, 0.717) is 45.5 Å². The number of allylic oxidation sites excluding steroid dienone is 1. The fourth-order valence-corrected chi connectivity index (χ4v) is 4.30. The Bertz CT molecular complexity index is 1140. The van der Waals surface area contributed by atoms with Gasteiger partial charge in [-0.05, 0) is 55.3 Å². The van der Waals surface area contributed by atoms with Gasteiger partial charge in [0.25, 0.3) is 0 Å². The van der Waals surface area contributed by atoms with Crippen molar-refractivity contribution in [3.8, 4) is 5.75 Å². The van der Waals surface area contributed by atoms with Crippen LogP contribution in [0.4, 0.5) is 5.69 Å². The number of anilines is 1. The highest BCUT2D eigenvalue weighted by Crippen LogP contribution is 2.26. The van der Waals surface area contributed by atoms with Crippen molar-refractivity contribution in [3.63, 3.8) is 0 Å². The van der Waals surface area contributed by atoms with Gasteiger partial charge in [0, 0.05) is 23.7 Å². The molecule has 0 atom stereocenters. The van der Waals surface area contributed by atoms with E-state index in [0.717, 1.165) is 23.6 Å². The van der Waals surface area contributed by atoms with Gasteiger partial charge in [0.05, 0.1) is 22.4 Å². The lowest BCUT2D eigenvalue weighted by molar-refractivity contribution is -0.113. The molecule has 1 N–H and O–H groups in total. The SMILES string of the molecule is C=CCn1c(CCCOc2ccc(Cl)cc2C)nnc1SCC(=O)Nc1ccc(Cl)c(Cl)c1. The fraction of sp³-hybridized carbons (Fsp3) is 0.261. The minimum atomic E-state index is -0.181. The molecule has 1 heterocycles. The van der Waals surface area contributed by atoms with E-state index in [2.05, 4.69) is 22.1 Å². The highest BCUT2D eigenvalue weighted by molar-refractivity contribution is 7.99. The van der Waals surface area contributed by atoms with E-state index in [-0.39, 0.29) is 11.7 Å². The summed E-state index contributed by atoms with van der Waals surface area (Å²) in [6.45, 7) is 6.87. The maximum absolute atomic E-state index is 12.3. The molecule has 0 aliphatic rings. The molecule has 33 heavy (non-hydrogen) atoms. The number of aromatic nitrogens is 3. The third-order valence-electron chi connectivity index (χ3n) is 4.58. The normalized spacial score (nSPS) is 10.8. The van der Waals surface area contributed by atoms with Gasteiger partial charge in [-0.25, -0.2) is 0 Å². The number of carbonyl (C=O) groups is 1. The number of halogens is 3. The number of hydrogen-bond donors (Lipinski definition) is 1. The molecule has 0 unspecified atom stereocenters. The number of benzene rings is 2. The summed E-state index contributed by atoms with van der Waals surface area (Å²) < 4.78 is 7.82. The molecule has 0 radical (unpaired) electrons.